The number of carbonyl (C=O) groups is 2. The fourth-order valence-corrected chi connectivity index (χ4v) is 4.50. The van der Waals surface area contributed by atoms with Gasteiger partial charge in [-0.05, 0) is 25.0 Å². The number of rotatable bonds is 7. The molecule has 6 nitrogen and oxygen atoms in total. The van der Waals surface area contributed by atoms with Gasteiger partial charge in [-0.15, -0.1) is 0 Å². The van der Waals surface area contributed by atoms with E-state index in [1.807, 2.05) is 63.4 Å². The molecule has 0 bridgehead atoms. The van der Waals surface area contributed by atoms with Gasteiger partial charge in [0.15, 0.2) is 6.67 Å². The quantitative estimate of drug-likeness (QED) is 0.577. The first kappa shape index (κ1) is 21.1. The third-order valence-electron chi connectivity index (χ3n) is 6.26. The Hall–Kier alpha value is -3.12. The lowest BCUT2D eigenvalue weighted by Crippen LogP contribution is -3.09. The van der Waals surface area contributed by atoms with Crippen LogP contribution in [0.15, 0.2) is 52.9 Å². The van der Waals surface area contributed by atoms with Crippen LogP contribution in [0, 0.1) is 6.92 Å². The SMILES string of the molecule is CCc1oc2ccccc2c1C[NH+](C)CN1C(=O)N[C@](CC)(c2ccc(C)cc2)C1=O. The topological polar surface area (TPSA) is 67.0 Å². The van der Waals surface area contributed by atoms with Crippen LogP contribution in [-0.4, -0.2) is 30.6 Å². The molecule has 3 aromatic rings. The van der Waals surface area contributed by atoms with Gasteiger partial charge in [0.25, 0.3) is 5.91 Å². The number of nitrogens with zero attached hydrogens (tertiary/aromatic N) is 1. The van der Waals surface area contributed by atoms with Gasteiger partial charge in [-0.1, -0.05) is 61.9 Å². The molecule has 1 aliphatic heterocycles. The fourth-order valence-electron chi connectivity index (χ4n) is 4.50. The summed E-state index contributed by atoms with van der Waals surface area (Å²) >= 11 is 0. The van der Waals surface area contributed by atoms with Crippen LogP contribution < -0.4 is 10.2 Å². The van der Waals surface area contributed by atoms with Gasteiger partial charge in [-0.25, -0.2) is 9.69 Å². The molecule has 1 unspecified atom stereocenters. The number of hydrogen-bond donors (Lipinski definition) is 2. The molecule has 1 aromatic heterocycles. The smallest absolute Gasteiger partial charge is 0.329 e. The summed E-state index contributed by atoms with van der Waals surface area (Å²) < 4.78 is 6.01. The number of aryl methyl sites for hydroxylation is 2. The second kappa shape index (κ2) is 8.19. The number of imide groups is 1. The largest absolute Gasteiger partial charge is 0.461 e. The second-order valence-electron chi connectivity index (χ2n) is 8.43. The summed E-state index contributed by atoms with van der Waals surface area (Å²) in [4.78, 5) is 28.7. The number of urea groups is 1. The summed E-state index contributed by atoms with van der Waals surface area (Å²) in [6.45, 7) is 6.97. The van der Waals surface area contributed by atoms with Crippen LogP contribution in [0.4, 0.5) is 4.79 Å². The maximum absolute atomic E-state index is 13.4. The van der Waals surface area contributed by atoms with Crippen molar-refractivity contribution in [1.29, 1.82) is 0 Å². The first-order valence-corrected chi connectivity index (χ1v) is 10.9. The van der Waals surface area contributed by atoms with Crippen molar-refractivity contribution in [2.45, 2.75) is 45.7 Å². The highest BCUT2D eigenvalue weighted by atomic mass is 16.3. The van der Waals surface area contributed by atoms with Crippen LogP contribution >= 0.6 is 0 Å². The van der Waals surface area contributed by atoms with Crippen molar-refractivity contribution in [3.05, 3.63) is 71.0 Å². The molecule has 1 saturated heterocycles. The van der Waals surface area contributed by atoms with E-state index in [0.717, 1.165) is 44.7 Å². The predicted molar refractivity (Wildman–Crippen MR) is 120 cm³/mol. The van der Waals surface area contributed by atoms with Crippen LogP contribution in [-0.2, 0) is 23.3 Å². The van der Waals surface area contributed by atoms with Gasteiger partial charge >= 0.3 is 6.03 Å². The number of furan rings is 1. The van der Waals surface area contributed by atoms with E-state index in [1.165, 1.54) is 4.90 Å². The van der Waals surface area contributed by atoms with Crippen molar-refractivity contribution in [3.8, 4) is 0 Å². The van der Waals surface area contributed by atoms with E-state index < -0.39 is 5.54 Å². The molecule has 4 rings (SSSR count). The number of hydrogen-bond acceptors (Lipinski definition) is 3. The predicted octanol–water partition coefficient (Wildman–Crippen LogP) is 3.13. The number of para-hydroxylation sites is 1. The summed E-state index contributed by atoms with van der Waals surface area (Å²) in [5.41, 5.74) is 2.96. The number of benzene rings is 2. The number of quaternary nitrogens is 1. The average molecular weight is 421 g/mol. The molecule has 31 heavy (non-hydrogen) atoms. The highest BCUT2D eigenvalue weighted by Crippen LogP contribution is 2.32. The monoisotopic (exact) mass is 420 g/mol. The molecule has 2 aromatic carbocycles. The van der Waals surface area contributed by atoms with Crippen LogP contribution in [0.3, 0.4) is 0 Å². The Bertz CT molecular complexity index is 1120. The van der Waals surface area contributed by atoms with Crippen LogP contribution in [0.2, 0.25) is 0 Å². The van der Waals surface area contributed by atoms with Gasteiger partial charge in [0.2, 0.25) is 0 Å². The molecule has 1 fully saturated rings. The van der Waals surface area contributed by atoms with Gasteiger partial charge in [0, 0.05) is 11.8 Å². The summed E-state index contributed by atoms with van der Waals surface area (Å²) in [5, 5.41) is 4.07. The maximum Gasteiger partial charge on any atom is 0.329 e. The molecule has 6 heteroatoms. The van der Waals surface area contributed by atoms with Crippen LogP contribution in [0.5, 0.6) is 0 Å². The van der Waals surface area contributed by atoms with E-state index in [2.05, 4.69) is 18.3 Å². The highest BCUT2D eigenvalue weighted by Gasteiger charge is 2.52. The van der Waals surface area contributed by atoms with E-state index in [4.69, 9.17) is 4.42 Å². The summed E-state index contributed by atoms with van der Waals surface area (Å²) in [6.07, 6.45) is 1.30. The molecule has 162 valence electrons. The summed E-state index contributed by atoms with van der Waals surface area (Å²) in [7, 11) is 2.00. The van der Waals surface area contributed by atoms with Crippen molar-refractivity contribution >= 4 is 22.9 Å². The Balaban J connectivity index is 1.56. The minimum Gasteiger partial charge on any atom is -0.461 e. The van der Waals surface area contributed by atoms with E-state index in [0.29, 0.717) is 19.6 Å². The minimum absolute atomic E-state index is 0.184. The van der Waals surface area contributed by atoms with E-state index in [-0.39, 0.29) is 11.9 Å². The summed E-state index contributed by atoms with van der Waals surface area (Å²) in [6, 6.07) is 15.5. The third kappa shape index (κ3) is 3.61. The fraction of sp³-hybridized carbons (Fsp3) is 0.360. The van der Waals surface area contributed by atoms with Gasteiger partial charge in [0.1, 0.15) is 23.4 Å². The standard InChI is InChI=1S/C25H29N3O3/c1-5-21-20(19-9-7-8-10-22(19)31-21)15-27(4)16-28-23(29)25(6-2,26-24(28)30)18-13-11-17(3)12-14-18/h7-14H,5-6,15-16H2,1-4H3,(H,26,30)/p+1/t25-/m1/s1. The zero-order valence-corrected chi connectivity index (χ0v) is 18.6. The van der Waals surface area contributed by atoms with Crippen LogP contribution in [0.1, 0.15) is 42.7 Å². The molecule has 0 spiro atoms. The number of fused-ring (bicyclic) bond motifs is 1. The molecule has 2 N–H and O–H groups in total. The average Bonchev–Trinajstić information content (AvgIpc) is 3.24. The Morgan fingerprint density at radius 1 is 1.06 bits per heavy atom. The van der Waals surface area contributed by atoms with E-state index >= 15 is 0 Å². The molecule has 0 aliphatic carbocycles. The normalized spacial score (nSPS) is 19.8. The molecule has 0 radical (unpaired) electrons. The Morgan fingerprint density at radius 3 is 2.45 bits per heavy atom. The first-order valence-electron chi connectivity index (χ1n) is 10.9. The molecule has 1 aliphatic rings. The van der Waals surface area contributed by atoms with Crippen molar-refractivity contribution in [3.63, 3.8) is 0 Å². The number of amides is 3. The second-order valence-corrected chi connectivity index (χ2v) is 8.43. The van der Waals surface area contributed by atoms with Gasteiger partial charge in [-0.3, -0.25) is 4.79 Å². The van der Waals surface area contributed by atoms with E-state index in [1.54, 1.807) is 0 Å². The zero-order valence-electron chi connectivity index (χ0n) is 18.6. The van der Waals surface area contributed by atoms with Gasteiger partial charge < -0.3 is 14.6 Å². The van der Waals surface area contributed by atoms with Gasteiger partial charge in [0.05, 0.1) is 12.6 Å². The maximum atomic E-state index is 13.4. The Morgan fingerprint density at radius 2 is 1.77 bits per heavy atom. The Labute approximate surface area is 182 Å². The lowest BCUT2D eigenvalue weighted by Gasteiger charge is -2.26. The number of carbonyl (C=O) groups excluding carboxylic acids is 2. The van der Waals surface area contributed by atoms with Crippen molar-refractivity contribution in [1.82, 2.24) is 10.2 Å². The molecule has 2 heterocycles. The van der Waals surface area contributed by atoms with Gasteiger partial charge in [-0.2, -0.15) is 0 Å². The molecule has 2 atom stereocenters. The van der Waals surface area contributed by atoms with Crippen molar-refractivity contribution in [2.75, 3.05) is 13.7 Å². The molecular weight excluding hydrogens is 390 g/mol. The third-order valence-corrected chi connectivity index (χ3v) is 6.26. The minimum atomic E-state index is -0.998. The van der Waals surface area contributed by atoms with Crippen molar-refractivity contribution in [2.24, 2.45) is 0 Å². The highest BCUT2D eigenvalue weighted by molar-refractivity contribution is 6.07. The number of nitrogens with one attached hydrogen (secondary N) is 2. The lowest BCUT2D eigenvalue weighted by molar-refractivity contribution is -0.901. The molecule has 0 saturated carbocycles. The summed E-state index contributed by atoms with van der Waals surface area (Å²) in [5.74, 6) is 0.774. The van der Waals surface area contributed by atoms with E-state index in [9.17, 15) is 9.59 Å². The molecular formula is C25H30N3O3+. The zero-order chi connectivity index (χ0) is 22.2. The molecule has 3 amide bonds. The first-order chi connectivity index (χ1) is 14.9. The van der Waals surface area contributed by atoms with Crippen LogP contribution in [0.25, 0.3) is 11.0 Å². The lowest BCUT2D eigenvalue weighted by atomic mass is 9.87. The Kier molecular flexibility index (Phi) is 5.58. The van der Waals surface area contributed by atoms with Crippen molar-refractivity contribution < 1.29 is 18.9 Å².